The fraction of sp³-hybridized carbons (Fsp3) is 1.00. The first-order chi connectivity index (χ1) is 10.2. The lowest BCUT2D eigenvalue weighted by atomic mass is 9.84. The lowest BCUT2D eigenvalue weighted by Gasteiger charge is -2.48. The summed E-state index contributed by atoms with van der Waals surface area (Å²) in [6, 6.07) is 3.18. The van der Waals surface area contributed by atoms with Crippen LogP contribution in [0.25, 0.3) is 0 Å². The highest BCUT2D eigenvalue weighted by Gasteiger charge is 2.43. The first-order valence-corrected chi connectivity index (χ1v) is 9.45. The molecule has 0 aromatic heterocycles. The van der Waals surface area contributed by atoms with E-state index in [1.165, 1.54) is 64.7 Å². The number of hydrogen-bond acceptors (Lipinski definition) is 3. The monoisotopic (exact) mass is 293 g/mol. The number of fused-ring (bicyclic) bond motifs is 1. The van der Waals surface area contributed by atoms with Crippen molar-refractivity contribution in [2.24, 2.45) is 5.92 Å². The van der Waals surface area contributed by atoms with E-state index < -0.39 is 0 Å². The second-order valence-corrected chi connectivity index (χ2v) is 7.64. The second-order valence-electron chi connectivity index (χ2n) is 7.64. The van der Waals surface area contributed by atoms with Gasteiger partial charge in [-0.25, -0.2) is 0 Å². The molecule has 1 N–H and O–H groups in total. The van der Waals surface area contributed by atoms with Gasteiger partial charge < -0.3 is 5.32 Å². The zero-order valence-electron chi connectivity index (χ0n) is 14.4. The van der Waals surface area contributed by atoms with Crippen LogP contribution in [0.5, 0.6) is 0 Å². The summed E-state index contributed by atoms with van der Waals surface area (Å²) in [5.74, 6) is 0.781. The van der Waals surface area contributed by atoms with Crippen molar-refractivity contribution < 1.29 is 0 Å². The van der Waals surface area contributed by atoms with Crippen LogP contribution in [0.4, 0.5) is 0 Å². The highest BCUT2D eigenvalue weighted by molar-refractivity contribution is 5.00. The molecule has 0 radical (unpaired) electrons. The molecule has 3 heteroatoms. The Morgan fingerprint density at radius 2 is 1.81 bits per heavy atom. The molecule has 0 aromatic rings. The zero-order valence-corrected chi connectivity index (χ0v) is 14.4. The van der Waals surface area contributed by atoms with Gasteiger partial charge in [0.1, 0.15) is 0 Å². The molecule has 122 valence electrons. The van der Waals surface area contributed by atoms with Crippen molar-refractivity contribution in [3.8, 4) is 0 Å². The molecular weight excluding hydrogens is 258 g/mol. The summed E-state index contributed by atoms with van der Waals surface area (Å²) < 4.78 is 0. The number of nitrogens with zero attached hydrogens (tertiary/aromatic N) is 2. The molecule has 3 saturated heterocycles. The number of likely N-dealkylation sites (tertiary alicyclic amines) is 1. The lowest BCUT2D eigenvalue weighted by molar-refractivity contribution is 0.0243. The Morgan fingerprint density at radius 1 is 0.952 bits per heavy atom. The van der Waals surface area contributed by atoms with Crippen molar-refractivity contribution in [3.05, 3.63) is 0 Å². The van der Waals surface area contributed by atoms with Crippen LogP contribution in [0.1, 0.15) is 59.3 Å². The maximum absolute atomic E-state index is 3.78. The maximum atomic E-state index is 3.78. The molecule has 3 fully saturated rings. The molecule has 3 aliphatic heterocycles. The molecule has 5 atom stereocenters. The molecule has 0 spiro atoms. The summed E-state index contributed by atoms with van der Waals surface area (Å²) in [4.78, 5) is 5.66. The minimum Gasteiger partial charge on any atom is -0.314 e. The van der Waals surface area contributed by atoms with Gasteiger partial charge in [-0.15, -0.1) is 0 Å². The van der Waals surface area contributed by atoms with E-state index in [2.05, 4.69) is 35.9 Å². The van der Waals surface area contributed by atoms with E-state index in [9.17, 15) is 0 Å². The van der Waals surface area contributed by atoms with Crippen molar-refractivity contribution in [1.29, 1.82) is 0 Å². The van der Waals surface area contributed by atoms with Gasteiger partial charge in [0.2, 0.25) is 0 Å². The molecule has 0 saturated carbocycles. The maximum Gasteiger partial charge on any atom is 0.0266 e. The smallest absolute Gasteiger partial charge is 0.0266 e. The van der Waals surface area contributed by atoms with Crippen LogP contribution in [0.15, 0.2) is 0 Å². The third-order valence-electron chi connectivity index (χ3n) is 6.52. The van der Waals surface area contributed by atoms with E-state index in [4.69, 9.17) is 0 Å². The van der Waals surface area contributed by atoms with E-state index in [1.807, 2.05) is 0 Å². The van der Waals surface area contributed by atoms with Gasteiger partial charge in [-0.3, -0.25) is 9.80 Å². The van der Waals surface area contributed by atoms with Crippen LogP contribution < -0.4 is 5.32 Å². The predicted molar refractivity (Wildman–Crippen MR) is 89.6 cm³/mol. The van der Waals surface area contributed by atoms with Gasteiger partial charge in [-0.2, -0.15) is 0 Å². The van der Waals surface area contributed by atoms with Gasteiger partial charge in [0.25, 0.3) is 0 Å². The summed E-state index contributed by atoms with van der Waals surface area (Å²) in [7, 11) is 0. The van der Waals surface area contributed by atoms with Crippen molar-refractivity contribution in [2.45, 2.75) is 83.5 Å². The number of rotatable bonds is 4. The normalized spacial score (nSPS) is 42.1. The fourth-order valence-corrected chi connectivity index (χ4v) is 5.09. The van der Waals surface area contributed by atoms with E-state index in [0.29, 0.717) is 0 Å². The number of hydrogen-bond donors (Lipinski definition) is 1. The SMILES string of the molecule is CCCNC1CCN(C2CCN3CCCCC23)C(C)C1C. The van der Waals surface area contributed by atoms with Gasteiger partial charge in [0.05, 0.1) is 0 Å². The summed E-state index contributed by atoms with van der Waals surface area (Å²) in [5.41, 5.74) is 0. The highest BCUT2D eigenvalue weighted by Crippen LogP contribution is 2.35. The number of nitrogens with one attached hydrogen (secondary N) is 1. The third kappa shape index (κ3) is 3.16. The Bertz CT molecular complexity index is 332. The van der Waals surface area contributed by atoms with E-state index >= 15 is 0 Å². The summed E-state index contributed by atoms with van der Waals surface area (Å²) in [6.07, 6.45) is 8.33. The summed E-state index contributed by atoms with van der Waals surface area (Å²) >= 11 is 0. The van der Waals surface area contributed by atoms with Crippen LogP contribution >= 0.6 is 0 Å². The quantitative estimate of drug-likeness (QED) is 0.860. The van der Waals surface area contributed by atoms with Gasteiger partial charge in [0, 0.05) is 37.3 Å². The average molecular weight is 293 g/mol. The largest absolute Gasteiger partial charge is 0.314 e. The van der Waals surface area contributed by atoms with Crippen molar-refractivity contribution >= 4 is 0 Å². The molecule has 5 unspecified atom stereocenters. The Morgan fingerprint density at radius 3 is 2.62 bits per heavy atom. The Hall–Kier alpha value is -0.120. The third-order valence-corrected chi connectivity index (χ3v) is 6.52. The highest BCUT2D eigenvalue weighted by atomic mass is 15.3. The molecule has 3 aliphatic rings. The molecule has 0 amide bonds. The van der Waals surface area contributed by atoms with Crippen molar-refractivity contribution in [3.63, 3.8) is 0 Å². The van der Waals surface area contributed by atoms with Gasteiger partial charge in [-0.1, -0.05) is 20.3 Å². The average Bonchev–Trinajstić information content (AvgIpc) is 2.93. The van der Waals surface area contributed by atoms with Crippen molar-refractivity contribution in [1.82, 2.24) is 15.1 Å². The Balaban J connectivity index is 1.61. The van der Waals surface area contributed by atoms with Gasteiger partial charge >= 0.3 is 0 Å². The number of piperidine rings is 2. The fourth-order valence-electron chi connectivity index (χ4n) is 5.09. The molecule has 21 heavy (non-hydrogen) atoms. The Labute approximate surface area is 131 Å². The first kappa shape index (κ1) is 15.8. The van der Waals surface area contributed by atoms with E-state index in [0.717, 1.165) is 30.1 Å². The molecular formula is C18H35N3. The summed E-state index contributed by atoms with van der Waals surface area (Å²) in [6.45, 7) is 12.4. The molecule has 3 rings (SSSR count). The summed E-state index contributed by atoms with van der Waals surface area (Å²) in [5, 5.41) is 3.78. The molecule has 3 heterocycles. The van der Waals surface area contributed by atoms with Crippen LogP contribution in [-0.4, -0.2) is 60.1 Å². The second kappa shape index (κ2) is 6.97. The van der Waals surface area contributed by atoms with Crippen LogP contribution in [0.3, 0.4) is 0 Å². The van der Waals surface area contributed by atoms with Crippen molar-refractivity contribution in [2.75, 3.05) is 26.2 Å². The lowest BCUT2D eigenvalue weighted by Crippen LogP contribution is -2.59. The van der Waals surface area contributed by atoms with Crippen LogP contribution in [-0.2, 0) is 0 Å². The van der Waals surface area contributed by atoms with E-state index in [-0.39, 0.29) is 0 Å². The standard InChI is InChI=1S/C18H35N3/c1-4-10-19-16-8-13-21(15(3)14(16)2)18-9-12-20-11-6-5-7-17(18)20/h14-19H,4-13H2,1-3H3. The molecule has 0 aromatic carbocycles. The molecule has 3 nitrogen and oxygen atoms in total. The first-order valence-electron chi connectivity index (χ1n) is 9.45. The van der Waals surface area contributed by atoms with Crippen LogP contribution in [0.2, 0.25) is 0 Å². The predicted octanol–water partition coefficient (Wildman–Crippen LogP) is 2.71. The van der Waals surface area contributed by atoms with Gasteiger partial charge in [-0.05, 0) is 58.0 Å². The minimum absolute atomic E-state index is 0.736. The van der Waals surface area contributed by atoms with Crippen LogP contribution in [0, 0.1) is 5.92 Å². The van der Waals surface area contributed by atoms with E-state index in [1.54, 1.807) is 0 Å². The van der Waals surface area contributed by atoms with Gasteiger partial charge in [0.15, 0.2) is 0 Å². The topological polar surface area (TPSA) is 18.5 Å². The molecule has 0 bridgehead atoms. The molecule has 0 aliphatic carbocycles. The minimum atomic E-state index is 0.736. The zero-order chi connectivity index (χ0) is 14.8. The Kier molecular flexibility index (Phi) is 5.23.